The van der Waals surface area contributed by atoms with E-state index in [4.69, 9.17) is 9.84 Å². The highest BCUT2D eigenvalue weighted by Gasteiger charge is 2.34. The number of hydrogen-bond donors (Lipinski definition) is 2. The fraction of sp³-hybridized carbons (Fsp3) is 0.400. The van der Waals surface area contributed by atoms with Crippen LogP contribution in [0, 0.1) is 0 Å². The first-order chi connectivity index (χ1) is 13.0. The van der Waals surface area contributed by atoms with Gasteiger partial charge < -0.3 is 15.2 Å². The summed E-state index contributed by atoms with van der Waals surface area (Å²) in [6, 6.07) is 12.8. The van der Waals surface area contributed by atoms with Gasteiger partial charge in [0.25, 0.3) is 0 Å². The number of nitrogens with zero attached hydrogens (tertiary/aromatic N) is 1. The lowest BCUT2D eigenvalue weighted by Crippen LogP contribution is -2.30. The van der Waals surface area contributed by atoms with Crippen LogP contribution in [0.1, 0.15) is 17.5 Å². The van der Waals surface area contributed by atoms with Crippen molar-refractivity contribution in [3.8, 4) is 5.75 Å². The minimum absolute atomic E-state index is 0.0000858. The van der Waals surface area contributed by atoms with Crippen molar-refractivity contribution in [3.63, 3.8) is 0 Å². The van der Waals surface area contributed by atoms with Crippen LogP contribution in [0.5, 0.6) is 5.75 Å². The van der Waals surface area contributed by atoms with Crippen molar-refractivity contribution in [3.05, 3.63) is 59.7 Å². The second-order valence-corrected chi connectivity index (χ2v) is 6.62. The van der Waals surface area contributed by atoms with Crippen LogP contribution >= 0.6 is 0 Å². The summed E-state index contributed by atoms with van der Waals surface area (Å²) in [5.41, 5.74) is 0.338. The molecule has 0 aliphatic carbocycles. The highest BCUT2D eigenvalue weighted by Crippen LogP contribution is 2.35. The summed E-state index contributed by atoms with van der Waals surface area (Å²) >= 11 is 0. The molecule has 1 fully saturated rings. The molecular formula is C20H23F3N2O2. The zero-order valence-electron chi connectivity index (χ0n) is 14.9. The summed E-state index contributed by atoms with van der Waals surface area (Å²) < 4.78 is 45.0. The number of aliphatic hydroxyl groups excluding tert-OH is 1. The van der Waals surface area contributed by atoms with Crippen molar-refractivity contribution in [2.45, 2.75) is 25.2 Å². The number of benzene rings is 2. The number of para-hydroxylation sites is 1. The highest BCUT2D eigenvalue weighted by molar-refractivity contribution is 5.53. The minimum atomic E-state index is -4.36. The first kappa shape index (κ1) is 19.5. The van der Waals surface area contributed by atoms with E-state index in [1.54, 1.807) is 6.07 Å². The third-order valence-electron chi connectivity index (χ3n) is 4.65. The average Bonchev–Trinajstić information content (AvgIpc) is 3.09. The third-order valence-corrected chi connectivity index (χ3v) is 4.65. The number of hydrogen-bond acceptors (Lipinski definition) is 4. The molecule has 27 heavy (non-hydrogen) atoms. The number of aliphatic hydroxyl groups is 1. The van der Waals surface area contributed by atoms with E-state index >= 15 is 0 Å². The predicted octanol–water partition coefficient (Wildman–Crippen LogP) is 3.76. The molecule has 1 saturated heterocycles. The summed E-state index contributed by atoms with van der Waals surface area (Å²) in [6.07, 6.45) is -3.57. The van der Waals surface area contributed by atoms with E-state index in [2.05, 4.69) is 10.2 Å². The normalized spacial score (nSPS) is 17.9. The van der Waals surface area contributed by atoms with Crippen molar-refractivity contribution < 1.29 is 23.0 Å². The predicted molar refractivity (Wildman–Crippen MR) is 97.8 cm³/mol. The van der Waals surface area contributed by atoms with Gasteiger partial charge in [-0.3, -0.25) is 4.90 Å². The summed E-state index contributed by atoms with van der Waals surface area (Å²) in [7, 11) is 0. The smallest absolute Gasteiger partial charge is 0.418 e. The Hall–Kier alpha value is -2.25. The van der Waals surface area contributed by atoms with Crippen LogP contribution in [-0.4, -0.2) is 42.3 Å². The van der Waals surface area contributed by atoms with Crippen LogP contribution in [0.15, 0.2) is 48.5 Å². The first-order valence-electron chi connectivity index (χ1n) is 8.93. The number of likely N-dealkylation sites (tertiary alicyclic amines) is 1. The molecule has 2 N–H and O–H groups in total. The molecule has 1 unspecified atom stereocenters. The van der Waals surface area contributed by atoms with Gasteiger partial charge in [-0.05, 0) is 36.2 Å². The van der Waals surface area contributed by atoms with Crippen LogP contribution in [-0.2, 0) is 12.8 Å². The SMILES string of the molecule is OCc1ccc(OCCN2CCC(Nc3ccccc3C(F)(F)F)C2)cc1. The number of halogens is 3. The summed E-state index contributed by atoms with van der Waals surface area (Å²) in [5, 5.41) is 12.1. The number of nitrogens with one attached hydrogen (secondary N) is 1. The lowest BCUT2D eigenvalue weighted by Gasteiger charge is -2.20. The molecular weight excluding hydrogens is 357 g/mol. The topological polar surface area (TPSA) is 44.7 Å². The van der Waals surface area contributed by atoms with Crippen LogP contribution < -0.4 is 10.1 Å². The first-order valence-corrected chi connectivity index (χ1v) is 8.93. The lowest BCUT2D eigenvalue weighted by molar-refractivity contribution is -0.137. The van der Waals surface area contributed by atoms with Gasteiger partial charge >= 0.3 is 6.18 Å². The molecule has 0 bridgehead atoms. The number of ether oxygens (including phenoxy) is 1. The van der Waals surface area contributed by atoms with Crippen LogP contribution in [0.2, 0.25) is 0 Å². The van der Waals surface area contributed by atoms with E-state index < -0.39 is 11.7 Å². The Labute approximate surface area is 156 Å². The molecule has 0 aromatic heterocycles. The van der Waals surface area contributed by atoms with Gasteiger partial charge in [0.2, 0.25) is 0 Å². The number of alkyl halides is 3. The zero-order valence-corrected chi connectivity index (χ0v) is 14.9. The maximum absolute atomic E-state index is 13.1. The van der Waals surface area contributed by atoms with Gasteiger partial charge in [-0.15, -0.1) is 0 Å². The van der Waals surface area contributed by atoms with E-state index in [0.717, 1.165) is 30.3 Å². The van der Waals surface area contributed by atoms with Crippen molar-refractivity contribution in [1.29, 1.82) is 0 Å². The molecule has 2 aromatic carbocycles. The second kappa shape index (κ2) is 8.63. The largest absolute Gasteiger partial charge is 0.492 e. The quantitative estimate of drug-likeness (QED) is 0.768. The summed E-state index contributed by atoms with van der Waals surface area (Å²) in [5.74, 6) is 0.736. The van der Waals surface area contributed by atoms with E-state index in [1.807, 2.05) is 24.3 Å². The van der Waals surface area contributed by atoms with Gasteiger partial charge in [-0.2, -0.15) is 13.2 Å². The van der Waals surface area contributed by atoms with Gasteiger partial charge in [0.1, 0.15) is 12.4 Å². The van der Waals surface area contributed by atoms with Gasteiger partial charge in [0.05, 0.1) is 12.2 Å². The van der Waals surface area contributed by atoms with E-state index in [0.29, 0.717) is 19.7 Å². The Balaban J connectivity index is 1.46. The molecule has 0 amide bonds. The monoisotopic (exact) mass is 380 g/mol. The van der Waals surface area contributed by atoms with E-state index in [-0.39, 0.29) is 18.3 Å². The molecule has 2 aromatic rings. The van der Waals surface area contributed by atoms with Crippen LogP contribution in [0.4, 0.5) is 18.9 Å². The molecule has 0 radical (unpaired) electrons. The Morgan fingerprint density at radius 2 is 1.85 bits per heavy atom. The molecule has 1 aliphatic heterocycles. The maximum atomic E-state index is 13.1. The zero-order chi connectivity index (χ0) is 19.3. The van der Waals surface area contributed by atoms with Gasteiger partial charge in [-0.1, -0.05) is 24.3 Å². The second-order valence-electron chi connectivity index (χ2n) is 6.62. The number of anilines is 1. The van der Waals surface area contributed by atoms with Crippen molar-refractivity contribution >= 4 is 5.69 Å². The van der Waals surface area contributed by atoms with Crippen molar-refractivity contribution in [2.24, 2.45) is 0 Å². The fourth-order valence-corrected chi connectivity index (χ4v) is 3.21. The maximum Gasteiger partial charge on any atom is 0.418 e. The van der Waals surface area contributed by atoms with Gasteiger partial charge in [0, 0.05) is 31.4 Å². The molecule has 4 nitrogen and oxygen atoms in total. The van der Waals surface area contributed by atoms with E-state index in [1.165, 1.54) is 12.1 Å². The number of rotatable bonds is 7. The van der Waals surface area contributed by atoms with Crippen LogP contribution in [0.3, 0.4) is 0 Å². The molecule has 0 spiro atoms. The van der Waals surface area contributed by atoms with E-state index in [9.17, 15) is 13.2 Å². The Morgan fingerprint density at radius 1 is 1.11 bits per heavy atom. The summed E-state index contributed by atoms with van der Waals surface area (Å²) in [6.45, 7) is 2.71. The minimum Gasteiger partial charge on any atom is -0.492 e. The molecule has 7 heteroatoms. The molecule has 0 saturated carbocycles. The molecule has 1 atom stereocenters. The third kappa shape index (κ3) is 5.37. The summed E-state index contributed by atoms with van der Waals surface area (Å²) in [4.78, 5) is 2.18. The van der Waals surface area contributed by atoms with Crippen LogP contribution in [0.25, 0.3) is 0 Å². The standard InChI is InChI=1S/C20H23F3N2O2/c21-20(22,23)18-3-1-2-4-19(18)24-16-9-10-25(13-16)11-12-27-17-7-5-15(14-26)6-8-17/h1-8,16,24,26H,9-14H2. The Kier molecular flexibility index (Phi) is 6.23. The van der Waals surface area contributed by atoms with Gasteiger partial charge in [0.15, 0.2) is 0 Å². The average molecular weight is 380 g/mol. The Morgan fingerprint density at radius 3 is 2.56 bits per heavy atom. The molecule has 3 rings (SSSR count). The highest BCUT2D eigenvalue weighted by atomic mass is 19.4. The van der Waals surface area contributed by atoms with Gasteiger partial charge in [-0.25, -0.2) is 0 Å². The molecule has 146 valence electrons. The Bertz CT molecular complexity index is 735. The fourth-order valence-electron chi connectivity index (χ4n) is 3.21. The molecule has 1 aliphatic rings. The molecule has 1 heterocycles. The van der Waals surface area contributed by atoms with Crippen molar-refractivity contribution in [2.75, 3.05) is 31.6 Å². The van der Waals surface area contributed by atoms with Crippen molar-refractivity contribution in [1.82, 2.24) is 4.90 Å². The lowest BCUT2D eigenvalue weighted by atomic mass is 10.1.